The molecule has 0 unspecified atom stereocenters. The zero-order valence-electron chi connectivity index (χ0n) is 7.70. The fourth-order valence-corrected chi connectivity index (χ4v) is 0.814. The van der Waals surface area contributed by atoms with Crippen molar-refractivity contribution in [3.05, 3.63) is 48.0 Å². The second kappa shape index (κ2) is 6.54. The van der Waals surface area contributed by atoms with E-state index in [0.717, 1.165) is 5.56 Å². The van der Waals surface area contributed by atoms with Crippen LogP contribution in [0.15, 0.2) is 42.5 Å². The minimum Gasteiger partial charge on any atom is -0.392 e. The molecular weight excluding hydrogens is 172 g/mol. The Morgan fingerprint density at radius 2 is 1.93 bits per heavy atom. The van der Waals surface area contributed by atoms with E-state index in [4.69, 9.17) is 5.11 Å². The molecule has 0 atom stereocenters. The molecule has 68 valence electrons. The lowest BCUT2D eigenvalue weighted by Gasteiger charge is -1.83. The SMILES string of the molecule is OC/C=C/C#CC#Cc1ccccc1. The first-order valence-electron chi connectivity index (χ1n) is 4.26. The molecule has 0 heterocycles. The van der Waals surface area contributed by atoms with Gasteiger partial charge in [0.1, 0.15) is 0 Å². The first-order chi connectivity index (χ1) is 6.93. The summed E-state index contributed by atoms with van der Waals surface area (Å²) in [5.74, 6) is 11.0. The number of aliphatic hydroxyl groups is 1. The normalized spacial score (nSPS) is 8.64. The molecular formula is C13H10O. The zero-order valence-corrected chi connectivity index (χ0v) is 7.70. The van der Waals surface area contributed by atoms with Crippen molar-refractivity contribution in [3.8, 4) is 23.7 Å². The molecule has 0 saturated heterocycles. The summed E-state index contributed by atoms with van der Waals surface area (Å²) in [5.41, 5.74) is 0.952. The van der Waals surface area contributed by atoms with Gasteiger partial charge in [0.15, 0.2) is 0 Å². The van der Waals surface area contributed by atoms with Crippen LogP contribution in [0.1, 0.15) is 5.56 Å². The Morgan fingerprint density at radius 1 is 1.14 bits per heavy atom. The number of allylic oxidation sites excluding steroid dienone is 1. The summed E-state index contributed by atoms with van der Waals surface area (Å²) in [7, 11) is 0. The van der Waals surface area contributed by atoms with Crippen LogP contribution in [0.5, 0.6) is 0 Å². The zero-order chi connectivity index (χ0) is 10.1. The fraction of sp³-hybridized carbons (Fsp3) is 0.0769. The Bertz CT molecular complexity index is 407. The van der Waals surface area contributed by atoms with Crippen LogP contribution in [-0.2, 0) is 0 Å². The van der Waals surface area contributed by atoms with Gasteiger partial charge in [-0.05, 0) is 30.0 Å². The maximum absolute atomic E-state index is 8.41. The van der Waals surface area contributed by atoms with Gasteiger partial charge in [-0.15, -0.1) is 0 Å². The summed E-state index contributed by atoms with van der Waals surface area (Å²) in [6.45, 7) is 0.0147. The van der Waals surface area contributed by atoms with E-state index in [-0.39, 0.29) is 6.61 Å². The van der Waals surface area contributed by atoms with Crippen LogP contribution >= 0.6 is 0 Å². The van der Waals surface area contributed by atoms with Gasteiger partial charge in [0.25, 0.3) is 0 Å². The first-order valence-corrected chi connectivity index (χ1v) is 4.26. The van der Waals surface area contributed by atoms with E-state index >= 15 is 0 Å². The quantitative estimate of drug-likeness (QED) is 0.654. The summed E-state index contributed by atoms with van der Waals surface area (Å²) >= 11 is 0. The molecule has 0 spiro atoms. The van der Waals surface area contributed by atoms with Gasteiger partial charge in [-0.25, -0.2) is 0 Å². The van der Waals surface area contributed by atoms with Crippen LogP contribution in [0.2, 0.25) is 0 Å². The number of aliphatic hydroxyl groups excluding tert-OH is 1. The van der Waals surface area contributed by atoms with Gasteiger partial charge >= 0.3 is 0 Å². The van der Waals surface area contributed by atoms with Crippen molar-refractivity contribution >= 4 is 0 Å². The van der Waals surface area contributed by atoms with Crippen molar-refractivity contribution < 1.29 is 5.11 Å². The fourth-order valence-electron chi connectivity index (χ4n) is 0.814. The molecule has 1 aromatic rings. The molecule has 14 heavy (non-hydrogen) atoms. The molecule has 1 rings (SSSR count). The molecule has 1 aromatic carbocycles. The smallest absolute Gasteiger partial charge is 0.0621 e. The predicted molar refractivity (Wildman–Crippen MR) is 57.3 cm³/mol. The Labute approximate surface area is 84.1 Å². The van der Waals surface area contributed by atoms with Crippen LogP contribution in [0, 0.1) is 23.7 Å². The van der Waals surface area contributed by atoms with Crippen molar-refractivity contribution in [1.82, 2.24) is 0 Å². The summed E-state index contributed by atoms with van der Waals surface area (Å²) < 4.78 is 0. The second-order valence-corrected chi connectivity index (χ2v) is 2.47. The molecule has 0 radical (unpaired) electrons. The molecule has 0 saturated carbocycles. The molecule has 0 amide bonds. The summed E-state index contributed by atoms with van der Waals surface area (Å²) in [5, 5.41) is 8.41. The summed E-state index contributed by atoms with van der Waals surface area (Å²) in [4.78, 5) is 0. The maximum Gasteiger partial charge on any atom is 0.0621 e. The third-order valence-corrected chi connectivity index (χ3v) is 1.42. The van der Waals surface area contributed by atoms with Crippen LogP contribution in [0.4, 0.5) is 0 Å². The monoisotopic (exact) mass is 182 g/mol. The van der Waals surface area contributed by atoms with Crippen molar-refractivity contribution in [3.63, 3.8) is 0 Å². The van der Waals surface area contributed by atoms with E-state index < -0.39 is 0 Å². The highest BCUT2D eigenvalue weighted by molar-refractivity contribution is 5.40. The lowest BCUT2D eigenvalue weighted by atomic mass is 10.2. The summed E-state index contributed by atoms with van der Waals surface area (Å²) in [6.07, 6.45) is 3.15. The molecule has 0 fully saturated rings. The Morgan fingerprint density at radius 3 is 2.64 bits per heavy atom. The molecule has 0 aromatic heterocycles. The molecule has 0 aliphatic carbocycles. The standard InChI is InChI=1S/C13H10O/c14-12-8-3-1-2-5-9-13-10-6-4-7-11-13/h3-4,6-8,10-11,14H,12H2/b8-3+. The first kappa shape index (κ1) is 10.1. The molecule has 0 aliphatic heterocycles. The van der Waals surface area contributed by atoms with E-state index in [1.165, 1.54) is 0 Å². The lowest BCUT2D eigenvalue weighted by molar-refractivity contribution is 0.343. The minimum absolute atomic E-state index is 0.0147. The topological polar surface area (TPSA) is 20.2 Å². The highest BCUT2D eigenvalue weighted by atomic mass is 16.2. The van der Waals surface area contributed by atoms with Gasteiger partial charge in [-0.1, -0.05) is 36.1 Å². The Balaban J connectivity index is 2.56. The molecule has 1 heteroatoms. The van der Waals surface area contributed by atoms with Crippen molar-refractivity contribution in [2.24, 2.45) is 0 Å². The van der Waals surface area contributed by atoms with E-state index in [9.17, 15) is 0 Å². The van der Waals surface area contributed by atoms with E-state index in [0.29, 0.717) is 0 Å². The third-order valence-electron chi connectivity index (χ3n) is 1.42. The molecule has 0 aliphatic rings. The largest absolute Gasteiger partial charge is 0.392 e. The predicted octanol–water partition coefficient (Wildman–Crippen LogP) is 1.59. The highest BCUT2D eigenvalue weighted by Crippen LogP contribution is 1.93. The Kier molecular flexibility index (Phi) is 4.73. The van der Waals surface area contributed by atoms with Gasteiger partial charge in [0, 0.05) is 5.56 Å². The highest BCUT2D eigenvalue weighted by Gasteiger charge is 1.78. The van der Waals surface area contributed by atoms with E-state index in [1.807, 2.05) is 30.3 Å². The van der Waals surface area contributed by atoms with E-state index in [2.05, 4.69) is 23.7 Å². The van der Waals surface area contributed by atoms with Crippen molar-refractivity contribution in [2.45, 2.75) is 0 Å². The number of hydrogen-bond acceptors (Lipinski definition) is 1. The van der Waals surface area contributed by atoms with Crippen LogP contribution in [0.25, 0.3) is 0 Å². The maximum atomic E-state index is 8.41. The van der Waals surface area contributed by atoms with Gasteiger partial charge < -0.3 is 5.11 Å². The van der Waals surface area contributed by atoms with Crippen LogP contribution in [-0.4, -0.2) is 11.7 Å². The Hall–Kier alpha value is -1.96. The number of benzene rings is 1. The average molecular weight is 182 g/mol. The number of rotatable bonds is 1. The van der Waals surface area contributed by atoms with Gasteiger partial charge in [0.2, 0.25) is 0 Å². The minimum atomic E-state index is 0.0147. The average Bonchev–Trinajstić information content (AvgIpc) is 2.25. The van der Waals surface area contributed by atoms with Gasteiger partial charge in [-0.2, -0.15) is 0 Å². The number of hydrogen-bond donors (Lipinski definition) is 1. The van der Waals surface area contributed by atoms with Gasteiger partial charge in [0.05, 0.1) is 6.61 Å². The molecule has 0 bridgehead atoms. The lowest BCUT2D eigenvalue weighted by Crippen LogP contribution is -1.69. The van der Waals surface area contributed by atoms with Crippen molar-refractivity contribution in [1.29, 1.82) is 0 Å². The van der Waals surface area contributed by atoms with Crippen molar-refractivity contribution in [2.75, 3.05) is 6.61 Å². The summed E-state index contributed by atoms with van der Waals surface area (Å²) in [6, 6.07) is 9.67. The molecule has 1 nitrogen and oxygen atoms in total. The second-order valence-electron chi connectivity index (χ2n) is 2.47. The van der Waals surface area contributed by atoms with E-state index in [1.54, 1.807) is 12.2 Å². The molecule has 1 N–H and O–H groups in total. The van der Waals surface area contributed by atoms with Gasteiger partial charge in [-0.3, -0.25) is 0 Å². The third kappa shape index (κ3) is 4.16. The van der Waals surface area contributed by atoms with Crippen LogP contribution in [0.3, 0.4) is 0 Å². The van der Waals surface area contributed by atoms with Crippen LogP contribution < -0.4 is 0 Å².